The monoisotopic (exact) mass is 298 g/mol. The van der Waals surface area contributed by atoms with Crippen molar-refractivity contribution in [3.05, 3.63) is 30.8 Å². The van der Waals surface area contributed by atoms with Crippen LogP contribution in [0, 0.1) is 0 Å². The van der Waals surface area contributed by atoms with Crippen LogP contribution in [-0.2, 0) is 0 Å². The highest BCUT2D eigenvalue weighted by Crippen LogP contribution is 2.33. The summed E-state index contributed by atoms with van der Waals surface area (Å²) in [6.07, 6.45) is 2.99. The number of rotatable bonds is 4. The van der Waals surface area contributed by atoms with Crippen molar-refractivity contribution < 1.29 is 9.15 Å². The van der Waals surface area contributed by atoms with E-state index in [1.807, 2.05) is 18.2 Å². The predicted octanol–water partition coefficient (Wildman–Crippen LogP) is 1.83. The van der Waals surface area contributed by atoms with Crippen LogP contribution in [0.15, 0.2) is 35.2 Å². The van der Waals surface area contributed by atoms with Crippen LogP contribution in [0.2, 0.25) is 0 Å². The van der Waals surface area contributed by atoms with Gasteiger partial charge in [-0.3, -0.25) is 0 Å². The van der Waals surface area contributed by atoms with Gasteiger partial charge < -0.3 is 20.2 Å². The summed E-state index contributed by atoms with van der Waals surface area (Å²) in [5.74, 6) is 2.25. The summed E-state index contributed by atoms with van der Waals surface area (Å²) in [7, 11) is 3.30. The minimum absolute atomic E-state index is 0.146. The zero-order valence-electron chi connectivity index (χ0n) is 12.1. The molecule has 0 atom stereocenters. The smallest absolute Gasteiger partial charge is 0.227 e. The molecule has 3 N–H and O–H groups in total. The Morgan fingerprint density at radius 2 is 2.09 bits per heavy atom. The van der Waals surface area contributed by atoms with Gasteiger partial charge in [-0.05, 0) is 12.1 Å². The van der Waals surface area contributed by atoms with Gasteiger partial charge in [-0.15, -0.1) is 0 Å². The number of oxazole rings is 1. The lowest BCUT2D eigenvalue weighted by Crippen LogP contribution is -2.04. The number of hydrogen-bond acceptors (Lipinski definition) is 8. The van der Waals surface area contributed by atoms with Crippen LogP contribution in [0.25, 0.3) is 22.7 Å². The molecule has 22 heavy (non-hydrogen) atoms. The predicted molar refractivity (Wildman–Crippen MR) is 81.3 cm³/mol. The van der Waals surface area contributed by atoms with E-state index >= 15 is 0 Å². The summed E-state index contributed by atoms with van der Waals surface area (Å²) in [5, 5.41) is 2.84. The van der Waals surface area contributed by atoms with Crippen molar-refractivity contribution in [1.29, 1.82) is 0 Å². The SMILES string of the molecule is CNc1nc(N)nc(-c2ccc(-c3cnco3)c(OC)c2)n1. The summed E-state index contributed by atoms with van der Waals surface area (Å²) >= 11 is 0. The zero-order valence-corrected chi connectivity index (χ0v) is 12.1. The second-order valence-electron chi connectivity index (χ2n) is 4.37. The number of ether oxygens (including phenoxy) is 1. The highest BCUT2D eigenvalue weighted by Gasteiger charge is 2.13. The number of nitrogens with two attached hydrogens (primary N) is 1. The van der Waals surface area contributed by atoms with Crippen LogP contribution in [0.5, 0.6) is 5.75 Å². The molecule has 0 fully saturated rings. The van der Waals surface area contributed by atoms with Crippen molar-refractivity contribution in [3.63, 3.8) is 0 Å². The molecule has 8 heteroatoms. The highest BCUT2D eigenvalue weighted by atomic mass is 16.5. The molecule has 0 unspecified atom stereocenters. The molecule has 2 heterocycles. The standard InChI is InChI=1S/C14H14N6O2/c1-16-14-19-12(18-13(15)20-14)8-3-4-9(10(5-8)21-2)11-6-17-7-22-11/h3-7H,1-2H3,(H3,15,16,18,19,20). The van der Waals surface area contributed by atoms with Crippen LogP contribution in [0.1, 0.15) is 0 Å². The Balaban J connectivity index is 2.08. The van der Waals surface area contributed by atoms with Gasteiger partial charge in [-0.1, -0.05) is 6.07 Å². The Kier molecular flexibility index (Phi) is 3.57. The molecule has 3 aromatic rings. The first-order chi connectivity index (χ1) is 10.7. The third-order valence-corrected chi connectivity index (χ3v) is 3.03. The summed E-state index contributed by atoms with van der Waals surface area (Å²) in [5.41, 5.74) is 7.24. The highest BCUT2D eigenvalue weighted by molar-refractivity contribution is 5.71. The Hall–Kier alpha value is -3.16. The minimum Gasteiger partial charge on any atom is -0.496 e. The van der Waals surface area contributed by atoms with Gasteiger partial charge in [0, 0.05) is 12.6 Å². The van der Waals surface area contributed by atoms with E-state index in [1.54, 1.807) is 20.4 Å². The molecular weight excluding hydrogens is 284 g/mol. The molecule has 0 saturated carbocycles. The van der Waals surface area contributed by atoms with E-state index < -0.39 is 0 Å². The van der Waals surface area contributed by atoms with Gasteiger partial charge >= 0.3 is 0 Å². The maximum atomic E-state index is 5.69. The van der Waals surface area contributed by atoms with Crippen LogP contribution >= 0.6 is 0 Å². The molecule has 0 bridgehead atoms. The van der Waals surface area contributed by atoms with E-state index in [9.17, 15) is 0 Å². The van der Waals surface area contributed by atoms with Crippen molar-refractivity contribution >= 4 is 11.9 Å². The third kappa shape index (κ3) is 2.53. The van der Waals surface area contributed by atoms with Crippen molar-refractivity contribution in [2.24, 2.45) is 0 Å². The van der Waals surface area contributed by atoms with E-state index in [0.29, 0.717) is 23.3 Å². The number of nitrogens with zero attached hydrogens (tertiary/aromatic N) is 4. The molecule has 0 saturated heterocycles. The molecule has 0 aliphatic heterocycles. The molecule has 0 aliphatic rings. The zero-order chi connectivity index (χ0) is 15.5. The fraction of sp³-hybridized carbons (Fsp3) is 0.143. The topological polar surface area (TPSA) is 112 Å². The molecule has 2 aromatic heterocycles. The fourth-order valence-corrected chi connectivity index (χ4v) is 2.02. The van der Waals surface area contributed by atoms with Gasteiger partial charge in [0.05, 0.1) is 18.9 Å². The number of methoxy groups -OCH3 is 1. The van der Waals surface area contributed by atoms with Crippen LogP contribution in [0.4, 0.5) is 11.9 Å². The van der Waals surface area contributed by atoms with Gasteiger partial charge in [-0.25, -0.2) is 4.98 Å². The molecule has 0 amide bonds. The molecule has 1 aromatic carbocycles. The molecule has 112 valence electrons. The maximum absolute atomic E-state index is 5.69. The summed E-state index contributed by atoms with van der Waals surface area (Å²) in [4.78, 5) is 16.3. The first-order valence-corrected chi connectivity index (χ1v) is 6.48. The van der Waals surface area contributed by atoms with Gasteiger partial charge in [0.1, 0.15) is 5.75 Å². The average Bonchev–Trinajstić information content (AvgIpc) is 3.07. The maximum Gasteiger partial charge on any atom is 0.227 e. The van der Waals surface area contributed by atoms with Gasteiger partial charge in [0.2, 0.25) is 11.9 Å². The lowest BCUT2D eigenvalue weighted by Gasteiger charge is -2.09. The molecule has 0 radical (unpaired) electrons. The van der Waals surface area contributed by atoms with Crippen molar-refractivity contribution in [2.75, 3.05) is 25.2 Å². The largest absolute Gasteiger partial charge is 0.496 e. The van der Waals surface area contributed by atoms with Crippen molar-refractivity contribution in [3.8, 4) is 28.5 Å². The Bertz CT molecular complexity index is 788. The molecule has 8 nitrogen and oxygen atoms in total. The Morgan fingerprint density at radius 1 is 1.23 bits per heavy atom. The Morgan fingerprint density at radius 3 is 2.77 bits per heavy atom. The van der Waals surface area contributed by atoms with E-state index in [1.165, 1.54) is 6.39 Å². The summed E-state index contributed by atoms with van der Waals surface area (Å²) < 4.78 is 10.7. The second kappa shape index (κ2) is 5.68. The third-order valence-electron chi connectivity index (χ3n) is 3.03. The molecule has 3 rings (SSSR count). The van der Waals surface area contributed by atoms with Crippen LogP contribution < -0.4 is 15.8 Å². The number of hydrogen-bond donors (Lipinski definition) is 2. The van der Waals surface area contributed by atoms with E-state index in [4.69, 9.17) is 14.9 Å². The average molecular weight is 298 g/mol. The van der Waals surface area contributed by atoms with Gasteiger partial charge in [-0.2, -0.15) is 15.0 Å². The lowest BCUT2D eigenvalue weighted by molar-refractivity contribution is 0.415. The normalized spacial score (nSPS) is 10.5. The van der Waals surface area contributed by atoms with E-state index in [0.717, 1.165) is 11.1 Å². The quantitative estimate of drug-likeness (QED) is 0.750. The first kappa shape index (κ1) is 13.8. The van der Waals surface area contributed by atoms with Crippen molar-refractivity contribution in [1.82, 2.24) is 19.9 Å². The number of benzene rings is 1. The number of anilines is 2. The Labute approximate surface area is 126 Å². The fourth-order valence-electron chi connectivity index (χ4n) is 2.02. The molecule has 0 aliphatic carbocycles. The van der Waals surface area contributed by atoms with E-state index in [-0.39, 0.29) is 5.95 Å². The lowest BCUT2D eigenvalue weighted by atomic mass is 10.1. The number of nitrogen functional groups attached to an aromatic ring is 1. The second-order valence-corrected chi connectivity index (χ2v) is 4.37. The summed E-state index contributed by atoms with van der Waals surface area (Å²) in [6.45, 7) is 0. The van der Waals surface area contributed by atoms with Crippen molar-refractivity contribution in [2.45, 2.75) is 0 Å². The molecule has 0 spiro atoms. The first-order valence-electron chi connectivity index (χ1n) is 6.48. The van der Waals surface area contributed by atoms with Crippen LogP contribution in [0.3, 0.4) is 0 Å². The number of nitrogens with one attached hydrogen (secondary N) is 1. The minimum atomic E-state index is 0.146. The van der Waals surface area contributed by atoms with Gasteiger partial charge in [0.15, 0.2) is 18.0 Å². The number of aromatic nitrogens is 4. The van der Waals surface area contributed by atoms with Crippen LogP contribution in [-0.4, -0.2) is 34.1 Å². The van der Waals surface area contributed by atoms with Gasteiger partial charge in [0.25, 0.3) is 0 Å². The van der Waals surface area contributed by atoms with E-state index in [2.05, 4.69) is 25.3 Å². The molecular formula is C14H14N6O2. The summed E-state index contributed by atoms with van der Waals surface area (Å²) in [6, 6.07) is 5.52.